The van der Waals surface area contributed by atoms with Gasteiger partial charge in [0.25, 0.3) is 0 Å². The van der Waals surface area contributed by atoms with Crippen molar-refractivity contribution in [3.05, 3.63) is 23.8 Å². The van der Waals surface area contributed by atoms with Crippen molar-refractivity contribution in [2.75, 3.05) is 27.7 Å². The Morgan fingerprint density at radius 1 is 1.50 bits per heavy atom. The number of rotatable bonds is 5. The number of hydrogen-bond acceptors (Lipinski definition) is 4. The van der Waals surface area contributed by atoms with Gasteiger partial charge in [-0.1, -0.05) is 0 Å². The standard InChI is InChI=1S/C13H20N2O3/c1-9(14-8-13(17)15(2)3)11-7-10(18-4)5-6-12(11)16/h5-7,9,14,16H,8H2,1-4H3. The molecule has 5 nitrogen and oxygen atoms in total. The molecule has 1 atom stereocenters. The van der Waals surface area contributed by atoms with Crippen LogP contribution in [-0.2, 0) is 4.79 Å². The average Bonchev–Trinajstić information content (AvgIpc) is 2.35. The molecular formula is C13H20N2O3. The highest BCUT2D eigenvalue weighted by Crippen LogP contribution is 2.28. The molecule has 0 saturated heterocycles. The number of amides is 1. The number of carbonyl (C=O) groups is 1. The van der Waals surface area contributed by atoms with Gasteiger partial charge in [-0.3, -0.25) is 4.79 Å². The lowest BCUT2D eigenvalue weighted by atomic mass is 10.1. The summed E-state index contributed by atoms with van der Waals surface area (Å²) in [6.07, 6.45) is 0. The van der Waals surface area contributed by atoms with Crippen LogP contribution in [0.15, 0.2) is 18.2 Å². The Bertz CT molecular complexity index is 419. The second-order valence-electron chi connectivity index (χ2n) is 4.32. The van der Waals surface area contributed by atoms with Gasteiger partial charge in [0.2, 0.25) is 5.91 Å². The maximum atomic E-state index is 11.5. The van der Waals surface area contributed by atoms with Gasteiger partial charge in [0.15, 0.2) is 0 Å². The number of ether oxygens (including phenoxy) is 1. The van der Waals surface area contributed by atoms with E-state index in [1.54, 1.807) is 39.4 Å². The number of benzene rings is 1. The summed E-state index contributed by atoms with van der Waals surface area (Å²) in [5.41, 5.74) is 0.709. The first-order valence-corrected chi connectivity index (χ1v) is 5.76. The van der Waals surface area contributed by atoms with E-state index >= 15 is 0 Å². The van der Waals surface area contributed by atoms with Gasteiger partial charge >= 0.3 is 0 Å². The first kappa shape index (κ1) is 14.3. The normalized spacial score (nSPS) is 12.0. The molecule has 1 amide bonds. The van der Waals surface area contributed by atoms with E-state index in [2.05, 4.69) is 5.32 Å². The lowest BCUT2D eigenvalue weighted by Gasteiger charge is -2.18. The largest absolute Gasteiger partial charge is 0.508 e. The lowest BCUT2D eigenvalue weighted by Crippen LogP contribution is -2.34. The average molecular weight is 252 g/mol. The molecule has 0 aliphatic rings. The van der Waals surface area contributed by atoms with Crippen molar-refractivity contribution in [3.8, 4) is 11.5 Å². The first-order chi connectivity index (χ1) is 8.45. The number of methoxy groups -OCH3 is 1. The summed E-state index contributed by atoms with van der Waals surface area (Å²) in [5.74, 6) is 0.854. The van der Waals surface area contributed by atoms with Crippen LogP contribution in [0.1, 0.15) is 18.5 Å². The van der Waals surface area contributed by atoms with E-state index in [0.29, 0.717) is 11.3 Å². The molecule has 2 N–H and O–H groups in total. The van der Waals surface area contributed by atoms with E-state index in [9.17, 15) is 9.90 Å². The Kier molecular flexibility index (Phi) is 4.97. The Labute approximate surface area is 107 Å². The molecule has 0 aliphatic heterocycles. The second-order valence-corrected chi connectivity index (χ2v) is 4.32. The van der Waals surface area contributed by atoms with E-state index in [-0.39, 0.29) is 24.2 Å². The molecule has 5 heteroatoms. The molecule has 0 radical (unpaired) electrons. The third kappa shape index (κ3) is 3.63. The maximum Gasteiger partial charge on any atom is 0.236 e. The van der Waals surface area contributed by atoms with Crippen molar-refractivity contribution in [2.24, 2.45) is 0 Å². The number of aromatic hydroxyl groups is 1. The molecule has 1 rings (SSSR count). The van der Waals surface area contributed by atoms with Crippen LogP contribution >= 0.6 is 0 Å². The molecule has 0 aliphatic carbocycles. The van der Waals surface area contributed by atoms with Gasteiger partial charge in [0.05, 0.1) is 13.7 Å². The second kappa shape index (κ2) is 6.26. The molecule has 1 aromatic rings. The number of carbonyl (C=O) groups excluding carboxylic acids is 1. The third-order valence-electron chi connectivity index (χ3n) is 2.76. The van der Waals surface area contributed by atoms with Crippen LogP contribution in [0.2, 0.25) is 0 Å². The van der Waals surface area contributed by atoms with E-state index in [4.69, 9.17) is 4.74 Å². The van der Waals surface area contributed by atoms with Gasteiger partial charge in [0, 0.05) is 25.7 Å². The monoisotopic (exact) mass is 252 g/mol. The minimum absolute atomic E-state index is 0.00997. The molecule has 0 heterocycles. The number of likely N-dealkylation sites (N-methyl/N-ethyl adjacent to an activating group) is 1. The number of nitrogens with one attached hydrogen (secondary N) is 1. The van der Waals surface area contributed by atoms with Crippen LogP contribution in [0.25, 0.3) is 0 Å². The van der Waals surface area contributed by atoms with E-state index < -0.39 is 0 Å². The molecule has 1 unspecified atom stereocenters. The fourth-order valence-electron chi connectivity index (χ4n) is 1.51. The fourth-order valence-corrected chi connectivity index (χ4v) is 1.51. The summed E-state index contributed by atoms with van der Waals surface area (Å²) >= 11 is 0. The van der Waals surface area contributed by atoms with Crippen molar-refractivity contribution in [2.45, 2.75) is 13.0 Å². The van der Waals surface area contributed by atoms with E-state index in [1.165, 1.54) is 4.90 Å². The zero-order valence-electron chi connectivity index (χ0n) is 11.2. The van der Waals surface area contributed by atoms with Crippen LogP contribution in [-0.4, -0.2) is 43.7 Å². The highest BCUT2D eigenvalue weighted by molar-refractivity contribution is 5.77. The van der Waals surface area contributed by atoms with Crippen molar-refractivity contribution in [3.63, 3.8) is 0 Å². The van der Waals surface area contributed by atoms with Gasteiger partial charge < -0.3 is 20.1 Å². The Balaban J connectivity index is 2.71. The van der Waals surface area contributed by atoms with Gasteiger partial charge in [-0.05, 0) is 25.1 Å². The van der Waals surface area contributed by atoms with Crippen LogP contribution in [0.4, 0.5) is 0 Å². The summed E-state index contributed by atoms with van der Waals surface area (Å²) in [5, 5.41) is 12.8. The quantitative estimate of drug-likeness (QED) is 0.825. The topological polar surface area (TPSA) is 61.8 Å². The fraction of sp³-hybridized carbons (Fsp3) is 0.462. The summed E-state index contributed by atoms with van der Waals surface area (Å²) in [4.78, 5) is 13.0. The molecule has 18 heavy (non-hydrogen) atoms. The predicted molar refractivity (Wildman–Crippen MR) is 69.8 cm³/mol. The van der Waals surface area contributed by atoms with E-state index in [1.807, 2.05) is 6.92 Å². The van der Waals surface area contributed by atoms with Crippen LogP contribution < -0.4 is 10.1 Å². The molecule has 1 aromatic carbocycles. The van der Waals surface area contributed by atoms with Gasteiger partial charge in [-0.25, -0.2) is 0 Å². The minimum atomic E-state index is -0.135. The minimum Gasteiger partial charge on any atom is -0.508 e. The molecule has 0 aromatic heterocycles. The smallest absolute Gasteiger partial charge is 0.236 e. The zero-order chi connectivity index (χ0) is 13.7. The number of phenolic OH excluding ortho intramolecular Hbond substituents is 1. The van der Waals surface area contributed by atoms with Crippen molar-refractivity contribution in [1.29, 1.82) is 0 Å². The van der Waals surface area contributed by atoms with Crippen LogP contribution in [0, 0.1) is 0 Å². The van der Waals surface area contributed by atoms with Gasteiger partial charge in [-0.2, -0.15) is 0 Å². The van der Waals surface area contributed by atoms with Gasteiger partial charge in [0.1, 0.15) is 11.5 Å². The summed E-state index contributed by atoms with van der Waals surface area (Å²) in [7, 11) is 4.99. The summed E-state index contributed by atoms with van der Waals surface area (Å²) in [6.45, 7) is 2.11. The van der Waals surface area contributed by atoms with Gasteiger partial charge in [-0.15, -0.1) is 0 Å². The predicted octanol–water partition coefficient (Wildman–Crippen LogP) is 1.14. The van der Waals surface area contributed by atoms with Crippen molar-refractivity contribution < 1.29 is 14.6 Å². The highest BCUT2D eigenvalue weighted by Gasteiger charge is 2.13. The molecular weight excluding hydrogens is 232 g/mol. The first-order valence-electron chi connectivity index (χ1n) is 5.76. The Morgan fingerprint density at radius 3 is 2.72 bits per heavy atom. The van der Waals surface area contributed by atoms with Crippen LogP contribution in [0.5, 0.6) is 11.5 Å². The number of hydrogen-bond donors (Lipinski definition) is 2. The summed E-state index contributed by atoms with van der Waals surface area (Å²) < 4.78 is 5.11. The molecule has 100 valence electrons. The Morgan fingerprint density at radius 2 is 2.17 bits per heavy atom. The maximum absolute atomic E-state index is 11.5. The lowest BCUT2D eigenvalue weighted by molar-refractivity contribution is -0.127. The van der Waals surface area contributed by atoms with Crippen LogP contribution in [0.3, 0.4) is 0 Å². The number of phenols is 1. The Hall–Kier alpha value is -1.75. The number of nitrogens with zero attached hydrogens (tertiary/aromatic N) is 1. The summed E-state index contributed by atoms with van der Waals surface area (Å²) in [6, 6.07) is 4.90. The SMILES string of the molecule is COc1ccc(O)c(C(C)NCC(=O)N(C)C)c1. The molecule has 0 fully saturated rings. The molecule has 0 saturated carbocycles. The van der Waals surface area contributed by atoms with Crippen molar-refractivity contribution >= 4 is 5.91 Å². The third-order valence-corrected chi connectivity index (χ3v) is 2.76. The van der Waals surface area contributed by atoms with Crippen molar-refractivity contribution in [1.82, 2.24) is 10.2 Å². The molecule has 0 bridgehead atoms. The highest BCUT2D eigenvalue weighted by atomic mass is 16.5. The zero-order valence-corrected chi connectivity index (χ0v) is 11.2. The van der Waals surface area contributed by atoms with E-state index in [0.717, 1.165) is 0 Å². The molecule has 0 spiro atoms.